The number of rotatable bonds is 6. The number of halogens is 1. The second-order valence-corrected chi connectivity index (χ2v) is 5.42. The highest BCUT2D eigenvalue weighted by Crippen LogP contribution is 2.19. The lowest BCUT2D eigenvalue weighted by molar-refractivity contribution is 0.0949. The van der Waals surface area contributed by atoms with Crippen LogP contribution in [0.15, 0.2) is 6.07 Å². The van der Waals surface area contributed by atoms with Crippen molar-refractivity contribution in [2.45, 2.75) is 53.6 Å². The molecule has 4 nitrogen and oxygen atoms in total. The molecule has 0 saturated carbocycles. The minimum absolute atomic E-state index is 0. The van der Waals surface area contributed by atoms with Crippen molar-refractivity contribution < 1.29 is 4.79 Å². The van der Waals surface area contributed by atoms with Gasteiger partial charge in [-0.05, 0) is 47.2 Å². The van der Waals surface area contributed by atoms with E-state index in [1.807, 2.05) is 19.9 Å². The van der Waals surface area contributed by atoms with E-state index in [9.17, 15) is 4.79 Å². The minimum Gasteiger partial charge on any atom is -0.350 e. The number of hydrogen-bond donors (Lipinski definition) is 2. The first-order valence-corrected chi connectivity index (χ1v) is 7.08. The molecule has 0 aliphatic carbocycles. The first-order valence-electron chi connectivity index (χ1n) is 7.08. The van der Waals surface area contributed by atoms with Gasteiger partial charge >= 0.3 is 0 Å². The first-order chi connectivity index (χ1) is 8.88. The average molecular weight is 302 g/mol. The predicted octanol–water partition coefficient (Wildman–Crippen LogP) is 2.84. The van der Waals surface area contributed by atoms with E-state index < -0.39 is 0 Å². The maximum absolute atomic E-state index is 12.2. The number of nitrogens with zero attached hydrogens (tertiary/aromatic N) is 1. The monoisotopic (exact) mass is 301 g/mol. The molecular formula is C15H28ClN3O. The van der Waals surface area contributed by atoms with Gasteiger partial charge in [-0.2, -0.15) is 0 Å². The van der Waals surface area contributed by atoms with Crippen molar-refractivity contribution in [3.05, 3.63) is 23.0 Å². The Kier molecular flexibility index (Phi) is 7.91. The van der Waals surface area contributed by atoms with E-state index in [1.54, 1.807) is 0 Å². The fourth-order valence-electron chi connectivity index (χ4n) is 2.56. The smallest absolute Gasteiger partial charge is 0.253 e. The summed E-state index contributed by atoms with van der Waals surface area (Å²) in [5.41, 5.74) is 2.97. The lowest BCUT2D eigenvalue weighted by Gasteiger charge is -2.15. The Labute approximate surface area is 128 Å². The predicted molar refractivity (Wildman–Crippen MR) is 87.0 cm³/mol. The summed E-state index contributed by atoms with van der Waals surface area (Å²) < 4.78 is 2.20. The van der Waals surface area contributed by atoms with E-state index in [-0.39, 0.29) is 18.3 Å². The van der Waals surface area contributed by atoms with Crippen molar-refractivity contribution in [1.29, 1.82) is 0 Å². The van der Waals surface area contributed by atoms with Gasteiger partial charge in [0.2, 0.25) is 0 Å². The van der Waals surface area contributed by atoms with Gasteiger partial charge in [0.05, 0.1) is 5.56 Å². The quantitative estimate of drug-likeness (QED) is 0.849. The number of aryl methyl sites for hydroxylation is 1. The van der Waals surface area contributed by atoms with Crippen LogP contribution in [0, 0.1) is 13.8 Å². The molecule has 0 fully saturated rings. The maximum Gasteiger partial charge on any atom is 0.253 e. The molecule has 1 amide bonds. The van der Waals surface area contributed by atoms with E-state index in [4.69, 9.17) is 0 Å². The number of carbonyl (C=O) groups is 1. The summed E-state index contributed by atoms with van der Waals surface area (Å²) in [6.45, 7) is 14.0. The fraction of sp³-hybridized carbons (Fsp3) is 0.667. The van der Waals surface area contributed by atoms with Crippen molar-refractivity contribution in [3.63, 3.8) is 0 Å². The van der Waals surface area contributed by atoms with E-state index in [2.05, 4.69) is 42.9 Å². The molecule has 20 heavy (non-hydrogen) atoms. The molecule has 5 heteroatoms. The molecule has 1 aromatic heterocycles. The van der Waals surface area contributed by atoms with Gasteiger partial charge in [-0.25, -0.2) is 0 Å². The molecule has 0 aliphatic heterocycles. The topological polar surface area (TPSA) is 46.1 Å². The van der Waals surface area contributed by atoms with Crippen LogP contribution in [-0.4, -0.2) is 29.6 Å². The van der Waals surface area contributed by atoms with Gasteiger partial charge in [-0.1, -0.05) is 6.92 Å². The van der Waals surface area contributed by atoms with Gasteiger partial charge in [0.1, 0.15) is 0 Å². The van der Waals surface area contributed by atoms with Crippen LogP contribution < -0.4 is 10.6 Å². The summed E-state index contributed by atoms with van der Waals surface area (Å²) >= 11 is 0. The van der Waals surface area contributed by atoms with Crippen molar-refractivity contribution in [2.24, 2.45) is 0 Å². The lowest BCUT2D eigenvalue weighted by atomic mass is 10.2. The summed E-state index contributed by atoms with van der Waals surface area (Å²) in [5.74, 6) is 0.0183. The summed E-state index contributed by atoms with van der Waals surface area (Å²) in [7, 11) is 0. The molecule has 116 valence electrons. The fourth-order valence-corrected chi connectivity index (χ4v) is 2.56. The molecule has 0 spiro atoms. The highest BCUT2D eigenvalue weighted by atomic mass is 35.5. The molecule has 1 aromatic rings. The van der Waals surface area contributed by atoms with Gasteiger partial charge in [-0.15, -0.1) is 12.4 Å². The lowest BCUT2D eigenvalue weighted by Crippen LogP contribution is -2.38. The van der Waals surface area contributed by atoms with E-state index in [0.29, 0.717) is 18.6 Å². The van der Waals surface area contributed by atoms with E-state index >= 15 is 0 Å². The third-order valence-corrected chi connectivity index (χ3v) is 3.37. The average Bonchev–Trinajstić information content (AvgIpc) is 2.62. The largest absolute Gasteiger partial charge is 0.350 e. The molecule has 0 bridgehead atoms. The van der Waals surface area contributed by atoms with Crippen molar-refractivity contribution in [1.82, 2.24) is 15.2 Å². The van der Waals surface area contributed by atoms with Crippen molar-refractivity contribution in [3.8, 4) is 0 Å². The van der Waals surface area contributed by atoms with Crippen LogP contribution in [0.5, 0.6) is 0 Å². The highest BCUT2D eigenvalue weighted by Gasteiger charge is 2.17. The SMILES string of the molecule is CCN[C@H](C)CNC(=O)c1cc(C)n(C(C)C)c1C.Cl. The maximum atomic E-state index is 12.2. The molecule has 0 unspecified atom stereocenters. The molecule has 1 rings (SSSR count). The van der Waals surface area contributed by atoms with Gasteiger partial charge in [0.25, 0.3) is 5.91 Å². The van der Waals surface area contributed by atoms with Gasteiger partial charge in [0, 0.05) is 30.0 Å². The molecule has 0 aliphatic rings. The van der Waals surface area contributed by atoms with Crippen molar-refractivity contribution in [2.75, 3.05) is 13.1 Å². The number of hydrogen-bond acceptors (Lipinski definition) is 2. The Morgan fingerprint density at radius 3 is 2.35 bits per heavy atom. The van der Waals surface area contributed by atoms with Crippen molar-refractivity contribution >= 4 is 18.3 Å². The Morgan fingerprint density at radius 1 is 1.30 bits per heavy atom. The molecule has 0 aromatic carbocycles. The Balaban J connectivity index is 0.00000361. The minimum atomic E-state index is 0. The number of amides is 1. The van der Waals surface area contributed by atoms with Crippen LogP contribution in [0.1, 0.15) is 55.5 Å². The number of nitrogens with one attached hydrogen (secondary N) is 2. The Morgan fingerprint density at radius 2 is 1.90 bits per heavy atom. The standard InChI is InChI=1S/C15H27N3O.ClH/c1-7-16-11(4)9-17-15(19)14-8-12(5)18(10(2)3)13(14)6;/h8,10-11,16H,7,9H2,1-6H3,(H,17,19);1H/t11-;/m1./s1. The molecule has 2 N–H and O–H groups in total. The summed E-state index contributed by atoms with van der Waals surface area (Å²) in [6, 6.07) is 2.65. The second kappa shape index (κ2) is 8.32. The summed E-state index contributed by atoms with van der Waals surface area (Å²) in [4.78, 5) is 12.2. The third kappa shape index (κ3) is 4.53. The van der Waals surface area contributed by atoms with E-state index in [0.717, 1.165) is 23.5 Å². The first kappa shape index (κ1) is 19.0. The molecule has 0 saturated heterocycles. The third-order valence-electron chi connectivity index (χ3n) is 3.37. The zero-order valence-corrected chi connectivity index (χ0v) is 14.2. The zero-order valence-electron chi connectivity index (χ0n) is 13.4. The van der Waals surface area contributed by atoms with Crippen LogP contribution in [-0.2, 0) is 0 Å². The van der Waals surface area contributed by atoms with Gasteiger partial charge in [0.15, 0.2) is 0 Å². The van der Waals surface area contributed by atoms with Crippen LogP contribution in [0.3, 0.4) is 0 Å². The molecular weight excluding hydrogens is 274 g/mol. The molecule has 1 heterocycles. The highest BCUT2D eigenvalue weighted by molar-refractivity contribution is 5.95. The second-order valence-electron chi connectivity index (χ2n) is 5.42. The number of aromatic nitrogens is 1. The molecule has 0 radical (unpaired) electrons. The Bertz CT molecular complexity index is 441. The van der Waals surface area contributed by atoms with Crippen LogP contribution in [0.4, 0.5) is 0 Å². The Hall–Kier alpha value is -1.00. The zero-order chi connectivity index (χ0) is 14.6. The number of carbonyl (C=O) groups excluding carboxylic acids is 1. The van der Waals surface area contributed by atoms with E-state index in [1.165, 1.54) is 0 Å². The number of likely N-dealkylation sites (N-methyl/N-ethyl adjacent to an activating group) is 1. The summed E-state index contributed by atoms with van der Waals surface area (Å²) in [6.07, 6.45) is 0. The van der Waals surface area contributed by atoms with Crippen LogP contribution >= 0.6 is 12.4 Å². The molecule has 1 atom stereocenters. The van der Waals surface area contributed by atoms with Gasteiger partial charge < -0.3 is 15.2 Å². The normalized spacial score (nSPS) is 12.2. The van der Waals surface area contributed by atoms with Crippen LogP contribution in [0.2, 0.25) is 0 Å². The van der Waals surface area contributed by atoms with Gasteiger partial charge in [-0.3, -0.25) is 4.79 Å². The van der Waals surface area contributed by atoms with Crippen LogP contribution in [0.25, 0.3) is 0 Å². The summed E-state index contributed by atoms with van der Waals surface area (Å²) in [5, 5.41) is 6.27.